The fourth-order valence-electron chi connectivity index (χ4n) is 0.423. The van der Waals surface area contributed by atoms with Gasteiger partial charge >= 0.3 is 0 Å². The maximum atomic E-state index is 10.6. The van der Waals surface area contributed by atoms with Crippen molar-refractivity contribution in [3.05, 3.63) is 15.9 Å². The first-order valence-electron chi connectivity index (χ1n) is 2.19. The Morgan fingerprint density at radius 1 is 1.60 bits per heavy atom. The van der Waals surface area contributed by atoms with Crippen molar-refractivity contribution in [3.63, 3.8) is 0 Å². The maximum absolute atomic E-state index is 10.6. The standard InChI is InChI=1S/C4H2BrClO2S2/c5-3-1-4(9-2-3)10(6,7)8/h1-2H. The monoisotopic (exact) mass is 260 g/mol. The van der Waals surface area contributed by atoms with E-state index in [0.29, 0.717) is 0 Å². The molecule has 0 atom stereocenters. The van der Waals surface area contributed by atoms with Gasteiger partial charge in [-0.25, -0.2) is 8.42 Å². The number of rotatable bonds is 1. The molecule has 0 bridgehead atoms. The van der Waals surface area contributed by atoms with E-state index in [0.717, 1.165) is 15.8 Å². The molecule has 0 N–H and O–H groups in total. The lowest BCUT2D eigenvalue weighted by Crippen LogP contribution is -1.83. The molecule has 0 spiro atoms. The van der Waals surface area contributed by atoms with Crippen LogP contribution in [0.15, 0.2) is 20.1 Å². The zero-order chi connectivity index (χ0) is 7.78. The third-order valence-electron chi connectivity index (χ3n) is 0.784. The second-order valence-electron chi connectivity index (χ2n) is 1.52. The van der Waals surface area contributed by atoms with E-state index in [1.807, 2.05) is 0 Å². The quantitative estimate of drug-likeness (QED) is 0.728. The first-order chi connectivity index (χ1) is 4.50. The Bertz CT molecular complexity index is 329. The molecule has 0 aliphatic carbocycles. The molecule has 0 aliphatic rings. The lowest BCUT2D eigenvalue weighted by atomic mass is 10.7. The van der Waals surface area contributed by atoms with Crippen LogP contribution in [0.1, 0.15) is 0 Å². The molecule has 1 rings (SSSR count). The topological polar surface area (TPSA) is 34.1 Å². The highest BCUT2D eigenvalue weighted by molar-refractivity contribution is 9.10. The Morgan fingerprint density at radius 3 is 2.40 bits per heavy atom. The summed E-state index contributed by atoms with van der Waals surface area (Å²) in [6, 6.07) is 1.47. The summed E-state index contributed by atoms with van der Waals surface area (Å²) < 4.78 is 22.1. The average molecular weight is 262 g/mol. The zero-order valence-corrected chi connectivity index (χ0v) is 8.52. The SMILES string of the molecule is O=S(=O)(Cl)c1cc(Br)cs1. The summed E-state index contributed by atoms with van der Waals surface area (Å²) in [5.41, 5.74) is 0. The molecule has 0 fully saturated rings. The van der Waals surface area contributed by atoms with Gasteiger partial charge in [0.2, 0.25) is 0 Å². The molecule has 6 heteroatoms. The average Bonchev–Trinajstić information content (AvgIpc) is 2.11. The molecule has 0 saturated carbocycles. The lowest BCUT2D eigenvalue weighted by molar-refractivity contribution is 0.611. The van der Waals surface area contributed by atoms with Crippen molar-refractivity contribution in [2.45, 2.75) is 4.21 Å². The van der Waals surface area contributed by atoms with Crippen LogP contribution in [0, 0.1) is 0 Å². The molecule has 0 unspecified atom stereocenters. The van der Waals surface area contributed by atoms with Crippen molar-refractivity contribution in [3.8, 4) is 0 Å². The van der Waals surface area contributed by atoms with E-state index in [9.17, 15) is 8.42 Å². The summed E-state index contributed by atoms with van der Waals surface area (Å²) in [5, 5.41) is 1.66. The van der Waals surface area contributed by atoms with Crippen LogP contribution in [-0.2, 0) is 9.05 Å². The minimum atomic E-state index is -3.52. The van der Waals surface area contributed by atoms with Crippen LogP contribution in [0.2, 0.25) is 0 Å². The van der Waals surface area contributed by atoms with Crippen molar-refractivity contribution in [2.75, 3.05) is 0 Å². The molecular formula is C4H2BrClO2S2. The van der Waals surface area contributed by atoms with Gasteiger partial charge in [-0.2, -0.15) is 0 Å². The Hall–Kier alpha value is 0.420. The van der Waals surface area contributed by atoms with Crippen LogP contribution in [0.4, 0.5) is 0 Å². The zero-order valence-electron chi connectivity index (χ0n) is 4.54. The lowest BCUT2D eigenvalue weighted by Gasteiger charge is -1.83. The summed E-state index contributed by atoms with van der Waals surface area (Å²) in [6.45, 7) is 0. The van der Waals surface area contributed by atoms with E-state index in [2.05, 4.69) is 15.9 Å². The summed E-state index contributed by atoms with van der Waals surface area (Å²) in [5.74, 6) is 0. The van der Waals surface area contributed by atoms with E-state index >= 15 is 0 Å². The normalized spacial score (nSPS) is 11.8. The Morgan fingerprint density at radius 2 is 2.20 bits per heavy atom. The van der Waals surface area contributed by atoms with Crippen molar-refractivity contribution in [1.29, 1.82) is 0 Å². The van der Waals surface area contributed by atoms with E-state index in [1.165, 1.54) is 6.07 Å². The van der Waals surface area contributed by atoms with Gasteiger partial charge in [0.05, 0.1) is 0 Å². The van der Waals surface area contributed by atoms with Crippen molar-refractivity contribution in [2.24, 2.45) is 0 Å². The third-order valence-corrected chi connectivity index (χ3v) is 4.59. The third kappa shape index (κ3) is 1.95. The van der Waals surface area contributed by atoms with Gasteiger partial charge in [0.1, 0.15) is 4.21 Å². The van der Waals surface area contributed by atoms with Gasteiger partial charge in [0, 0.05) is 20.5 Å². The van der Waals surface area contributed by atoms with Gasteiger partial charge in [-0.1, -0.05) is 0 Å². The second kappa shape index (κ2) is 2.81. The van der Waals surface area contributed by atoms with Gasteiger partial charge < -0.3 is 0 Å². The Balaban J connectivity index is 3.21. The molecule has 0 amide bonds. The van der Waals surface area contributed by atoms with Gasteiger partial charge in [-0.15, -0.1) is 11.3 Å². The van der Waals surface area contributed by atoms with Crippen LogP contribution in [0.3, 0.4) is 0 Å². The predicted molar refractivity (Wildman–Crippen MR) is 45.1 cm³/mol. The van der Waals surface area contributed by atoms with Crippen LogP contribution in [0.5, 0.6) is 0 Å². The molecule has 0 aromatic carbocycles. The van der Waals surface area contributed by atoms with Crippen molar-refractivity contribution < 1.29 is 8.42 Å². The summed E-state index contributed by atoms with van der Waals surface area (Å²) in [6.07, 6.45) is 0. The minimum absolute atomic E-state index is 0.168. The maximum Gasteiger partial charge on any atom is 0.270 e. The first kappa shape index (κ1) is 8.52. The molecule has 1 heterocycles. The molecule has 10 heavy (non-hydrogen) atoms. The van der Waals surface area contributed by atoms with Gasteiger partial charge in [-0.05, 0) is 22.0 Å². The molecule has 0 radical (unpaired) electrons. The smallest absolute Gasteiger partial charge is 0.206 e. The van der Waals surface area contributed by atoms with Crippen LogP contribution in [-0.4, -0.2) is 8.42 Å². The molecule has 0 aliphatic heterocycles. The first-order valence-corrected chi connectivity index (χ1v) is 6.17. The van der Waals surface area contributed by atoms with Crippen LogP contribution >= 0.6 is 37.9 Å². The van der Waals surface area contributed by atoms with Crippen molar-refractivity contribution >= 4 is 47.0 Å². The van der Waals surface area contributed by atoms with Crippen LogP contribution in [0.25, 0.3) is 0 Å². The van der Waals surface area contributed by atoms with Crippen molar-refractivity contribution in [1.82, 2.24) is 0 Å². The molecule has 0 saturated heterocycles. The number of hydrogen-bond donors (Lipinski definition) is 0. The summed E-state index contributed by atoms with van der Waals surface area (Å²) in [4.78, 5) is 0. The fourth-order valence-corrected chi connectivity index (χ4v) is 3.06. The van der Waals surface area contributed by atoms with E-state index in [1.54, 1.807) is 5.38 Å². The number of thiophene rings is 1. The Kier molecular flexibility index (Phi) is 2.39. The van der Waals surface area contributed by atoms with Gasteiger partial charge in [0.15, 0.2) is 0 Å². The van der Waals surface area contributed by atoms with E-state index in [4.69, 9.17) is 10.7 Å². The molecule has 1 aromatic rings. The molecular weight excluding hydrogens is 260 g/mol. The van der Waals surface area contributed by atoms with Gasteiger partial charge in [-0.3, -0.25) is 0 Å². The summed E-state index contributed by atoms with van der Waals surface area (Å²) >= 11 is 4.20. The fraction of sp³-hybridized carbons (Fsp3) is 0. The Labute approximate surface area is 75.4 Å². The summed E-state index contributed by atoms with van der Waals surface area (Å²) in [7, 11) is 1.51. The van der Waals surface area contributed by atoms with E-state index in [-0.39, 0.29) is 4.21 Å². The molecule has 1 aromatic heterocycles. The van der Waals surface area contributed by atoms with Gasteiger partial charge in [0.25, 0.3) is 9.05 Å². The second-order valence-corrected chi connectivity index (χ2v) is 6.14. The largest absolute Gasteiger partial charge is 0.270 e. The highest BCUT2D eigenvalue weighted by Crippen LogP contribution is 2.26. The van der Waals surface area contributed by atoms with E-state index < -0.39 is 9.05 Å². The van der Waals surface area contributed by atoms with Crippen LogP contribution < -0.4 is 0 Å². The molecule has 56 valence electrons. The predicted octanol–water partition coefficient (Wildman–Crippen LogP) is 2.44. The molecule has 2 nitrogen and oxygen atoms in total. The number of hydrogen-bond acceptors (Lipinski definition) is 3. The minimum Gasteiger partial charge on any atom is -0.206 e. The highest BCUT2D eigenvalue weighted by Gasteiger charge is 2.11. The number of halogens is 2. The highest BCUT2D eigenvalue weighted by atomic mass is 79.9.